The summed E-state index contributed by atoms with van der Waals surface area (Å²) in [5.41, 5.74) is 0. The molecule has 0 N–H and O–H groups in total. The first kappa shape index (κ1) is 11.2. The van der Waals surface area contributed by atoms with Crippen molar-refractivity contribution in [3.8, 4) is 0 Å². The lowest BCUT2D eigenvalue weighted by Crippen LogP contribution is -1.85. The Morgan fingerprint density at radius 1 is 1.25 bits per heavy atom. The summed E-state index contributed by atoms with van der Waals surface area (Å²) in [6, 6.07) is 0. The van der Waals surface area contributed by atoms with E-state index in [4.69, 9.17) is 0 Å². The second-order valence-electron chi connectivity index (χ2n) is 2.72. The van der Waals surface area contributed by atoms with E-state index in [2.05, 4.69) is 11.7 Å². The molecule has 0 spiro atoms. The van der Waals surface area contributed by atoms with Crippen molar-refractivity contribution in [2.24, 2.45) is 0 Å². The molecule has 0 amide bonds. The zero-order chi connectivity index (χ0) is 9.07. The Bertz CT molecular complexity index is 119. The van der Waals surface area contributed by atoms with Crippen LogP contribution in [0.15, 0.2) is 12.2 Å². The number of unbranched alkanes of at least 4 members (excludes halogenated alkanes) is 4. The molecule has 2 nitrogen and oxygen atoms in total. The van der Waals surface area contributed by atoms with Gasteiger partial charge in [-0.25, -0.2) is 4.79 Å². The summed E-state index contributed by atoms with van der Waals surface area (Å²) >= 11 is 0. The molecule has 0 aliphatic rings. The van der Waals surface area contributed by atoms with E-state index in [1.165, 1.54) is 32.2 Å². The molecule has 0 aromatic carbocycles. The lowest BCUT2D eigenvalue weighted by molar-refractivity contribution is 0.313. The van der Waals surface area contributed by atoms with Gasteiger partial charge in [0.25, 0.3) is 0 Å². The molecule has 0 atom stereocenters. The first-order chi connectivity index (χ1) is 5.91. The topological polar surface area (TPSA) is 26.3 Å². The molecule has 0 saturated heterocycles. The highest BCUT2D eigenvalue weighted by molar-refractivity contribution is 5.38. The molecule has 0 aromatic heterocycles. The van der Waals surface area contributed by atoms with Gasteiger partial charge in [0.2, 0.25) is 0 Å². The lowest BCUT2D eigenvalue weighted by atomic mass is 10.1. The Morgan fingerprint density at radius 3 is 2.75 bits per heavy atom. The average Bonchev–Trinajstić information content (AvgIpc) is 2.10. The molecule has 0 aliphatic heterocycles. The molecule has 0 aromatic rings. The van der Waals surface area contributed by atoms with Crippen LogP contribution >= 0.6 is 0 Å². The van der Waals surface area contributed by atoms with Crippen molar-refractivity contribution < 1.29 is 9.53 Å². The number of hydrogen-bond acceptors (Lipinski definition) is 2. The van der Waals surface area contributed by atoms with Gasteiger partial charge in [-0.15, -0.1) is 0 Å². The monoisotopic (exact) mass is 169 g/mol. The van der Waals surface area contributed by atoms with Crippen LogP contribution in [-0.4, -0.2) is 13.1 Å². The third-order valence-electron chi connectivity index (χ3n) is 1.63. The van der Waals surface area contributed by atoms with Crippen LogP contribution in [0.1, 0.15) is 39.0 Å². The van der Waals surface area contributed by atoms with Crippen LogP contribution in [0.4, 0.5) is 0 Å². The minimum absolute atomic E-state index is 0.358. The Kier molecular flexibility index (Phi) is 9.54. The zero-order valence-corrected chi connectivity index (χ0v) is 7.71. The van der Waals surface area contributed by atoms with E-state index in [1.807, 2.05) is 12.2 Å². The van der Waals surface area contributed by atoms with Crippen molar-refractivity contribution in [2.75, 3.05) is 6.61 Å². The van der Waals surface area contributed by atoms with Crippen LogP contribution in [0.2, 0.25) is 0 Å². The standard InChI is InChI=1S/C10H17O2/c1-2-3-4-5-6-7-8-9-12-10-11/h7-8H,2-6,9H2,1H3. The van der Waals surface area contributed by atoms with Crippen LogP contribution in [0.25, 0.3) is 0 Å². The maximum absolute atomic E-state index is 9.60. The maximum Gasteiger partial charge on any atom is 0.417 e. The van der Waals surface area contributed by atoms with Gasteiger partial charge in [-0.05, 0) is 12.8 Å². The predicted molar refractivity (Wildman–Crippen MR) is 49.5 cm³/mol. The van der Waals surface area contributed by atoms with Gasteiger partial charge in [0.05, 0.1) is 0 Å². The first-order valence-electron chi connectivity index (χ1n) is 4.55. The highest BCUT2D eigenvalue weighted by atomic mass is 16.5. The molecule has 69 valence electrons. The van der Waals surface area contributed by atoms with Gasteiger partial charge >= 0.3 is 6.47 Å². The van der Waals surface area contributed by atoms with Gasteiger partial charge in [0, 0.05) is 0 Å². The fraction of sp³-hybridized carbons (Fsp3) is 0.700. The Hall–Kier alpha value is -0.790. The fourth-order valence-corrected chi connectivity index (χ4v) is 0.957. The summed E-state index contributed by atoms with van der Waals surface area (Å²) in [6.45, 7) is 3.93. The fourth-order valence-electron chi connectivity index (χ4n) is 0.957. The lowest BCUT2D eigenvalue weighted by Gasteiger charge is -1.93. The largest absolute Gasteiger partial charge is 0.453 e. The molecular formula is C10H17O2. The van der Waals surface area contributed by atoms with E-state index in [-0.39, 0.29) is 0 Å². The van der Waals surface area contributed by atoms with Crippen LogP contribution in [0.3, 0.4) is 0 Å². The first-order valence-corrected chi connectivity index (χ1v) is 4.55. The molecule has 0 unspecified atom stereocenters. The van der Waals surface area contributed by atoms with Crippen molar-refractivity contribution in [3.63, 3.8) is 0 Å². The quantitative estimate of drug-likeness (QED) is 0.412. The smallest absolute Gasteiger partial charge is 0.417 e. The molecule has 0 fully saturated rings. The van der Waals surface area contributed by atoms with Gasteiger partial charge in [-0.1, -0.05) is 38.3 Å². The Labute approximate surface area is 74.6 Å². The molecule has 0 aliphatic carbocycles. The van der Waals surface area contributed by atoms with E-state index in [9.17, 15) is 4.79 Å². The van der Waals surface area contributed by atoms with E-state index in [0.717, 1.165) is 6.42 Å². The third-order valence-corrected chi connectivity index (χ3v) is 1.63. The van der Waals surface area contributed by atoms with Crippen molar-refractivity contribution in [2.45, 2.75) is 39.0 Å². The molecule has 0 heterocycles. The third kappa shape index (κ3) is 9.21. The number of allylic oxidation sites excluding steroid dienone is 1. The molecule has 1 radical (unpaired) electrons. The van der Waals surface area contributed by atoms with E-state index in [0.29, 0.717) is 6.61 Å². The zero-order valence-electron chi connectivity index (χ0n) is 7.71. The van der Waals surface area contributed by atoms with Crippen molar-refractivity contribution in [1.82, 2.24) is 0 Å². The molecule has 0 bridgehead atoms. The number of rotatable bonds is 8. The van der Waals surface area contributed by atoms with Gasteiger partial charge in [-0.3, -0.25) is 0 Å². The summed E-state index contributed by atoms with van der Waals surface area (Å²) in [5.74, 6) is 0. The van der Waals surface area contributed by atoms with Crippen molar-refractivity contribution in [3.05, 3.63) is 12.2 Å². The van der Waals surface area contributed by atoms with Gasteiger partial charge in [-0.2, -0.15) is 0 Å². The van der Waals surface area contributed by atoms with Crippen LogP contribution < -0.4 is 0 Å². The highest BCUT2D eigenvalue weighted by Gasteiger charge is 1.84. The molecular weight excluding hydrogens is 152 g/mol. The molecule has 0 rings (SSSR count). The maximum atomic E-state index is 9.60. The minimum Gasteiger partial charge on any atom is -0.453 e. The number of hydrogen-bond donors (Lipinski definition) is 0. The summed E-state index contributed by atoms with van der Waals surface area (Å²) in [6.07, 6.45) is 10.1. The summed E-state index contributed by atoms with van der Waals surface area (Å²) in [5, 5.41) is 0. The van der Waals surface area contributed by atoms with Crippen LogP contribution in [-0.2, 0) is 9.53 Å². The van der Waals surface area contributed by atoms with Crippen LogP contribution in [0, 0.1) is 0 Å². The highest BCUT2D eigenvalue weighted by Crippen LogP contribution is 2.02. The number of ether oxygens (including phenoxy) is 1. The molecule has 2 heteroatoms. The minimum atomic E-state index is 0.358. The molecule has 12 heavy (non-hydrogen) atoms. The summed E-state index contributed by atoms with van der Waals surface area (Å²) in [4.78, 5) is 9.60. The second-order valence-corrected chi connectivity index (χ2v) is 2.72. The molecule has 0 saturated carbocycles. The second kappa shape index (κ2) is 10.2. The van der Waals surface area contributed by atoms with E-state index < -0.39 is 0 Å². The van der Waals surface area contributed by atoms with E-state index in [1.54, 1.807) is 0 Å². The normalized spacial score (nSPS) is 10.4. The van der Waals surface area contributed by atoms with Crippen molar-refractivity contribution in [1.29, 1.82) is 0 Å². The SMILES string of the molecule is CCCCCCC=CCO[C]=O. The van der Waals surface area contributed by atoms with Crippen molar-refractivity contribution >= 4 is 6.47 Å². The van der Waals surface area contributed by atoms with Gasteiger partial charge in [0.15, 0.2) is 0 Å². The van der Waals surface area contributed by atoms with Gasteiger partial charge < -0.3 is 4.74 Å². The Morgan fingerprint density at radius 2 is 2.08 bits per heavy atom. The number of carbonyl (C=O) groups excluding carboxylic acids is 1. The van der Waals surface area contributed by atoms with Crippen LogP contribution in [0.5, 0.6) is 0 Å². The average molecular weight is 169 g/mol. The predicted octanol–water partition coefficient (Wildman–Crippen LogP) is 2.60. The van der Waals surface area contributed by atoms with Gasteiger partial charge in [0.1, 0.15) is 6.61 Å². The van der Waals surface area contributed by atoms with E-state index >= 15 is 0 Å². The summed E-state index contributed by atoms with van der Waals surface area (Å²) in [7, 11) is 0. The Balaban J connectivity index is 2.97. The summed E-state index contributed by atoms with van der Waals surface area (Å²) < 4.78 is 4.37.